The van der Waals surface area contributed by atoms with Gasteiger partial charge in [0.05, 0.1) is 33.0 Å². The van der Waals surface area contributed by atoms with Crippen LogP contribution in [0.1, 0.15) is 10.4 Å². The molecule has 0 spiro atoms. The van der Waals surface area contributed by atoms with Crippen molar-refractivity contribution >= 4 is 11.8 Å². The van der Waals surface area contributed by atoms with E-state index in [4.69, 9.17) is 18.9 Å². The van der Waals surface area contributed by atoms with Crippen LogP contribution < -0.4 is 9.47 Å². The summed E-state index contributed by atoms with van der Waals surface area (Å²) in [5, 5.41) is 0. The van der Waals surface area contributed by atoms with Gasteiger partial charge in [-0.25, -0.2) is 0 Å². The molecule has 4 rings (SSSR count). The molecule has 0 bridgehead atoms. The maximum atomic E-state index is 13.5. The van der Waals surface area contributed by atoms with Crippen LogP contribution in [-0.2, 0) is 14.3 Å². The first-order chi connectivity index (χ1) is 17.6. The Labute approximate surface area is 212 Å². The summed E-state index contributed by atoms with van der Waals surface area (Å²) in [6.07, 6.45) is -0.279. The van der Waals surface area contributed by atoms with Crippen LogP contribution in [-0.4, -0.2) is 112 Å². The number of morpholine rings is 2. The highest BCUT2D eigenvalue weighted by Crippen LogP contribution is 2.17. The predicted octanol–water partition coefficient (Wildman–Crippen LogP) is 1.78. The van der Waals surface area contributed by atoms with Crippen molar-refractivity contribution in [1.29, 1.82) is 0 Å². The summed E-state index contributed by atoms with van der Waals surface area (Å²) >= 11 is 0. The lowest BCUT2D eigenvalue weighted by Crippen LogP contribution is -2.52. The van der Waals surface area contributed by atoms with Crippen LogP contribution in [0.15, 0.2) is 54.6 Å². The molecule has 1 atom stereocenters. The van der Waals surface area contributed by atoms with Gasteiger partial charge in [0.2, 0.25) is 0 Å². The van der Waals surface area contributed by atoms with Crippen LogP contribution in [0.2, 0.25) is 0 Å². The fraction of sp³-hybridized carbons (Fsp3) is 0.481. The minimum Gasteiger partial charge on any atom is -0.497 e. The predicted molar refractivity (Wildman–Crippen MR) is 134 cm³/mol. The zero-order valence-corrected chi connectivity index (χ0v) is 20.8. The van der Waals surface area contributed by atoms with Gasteiger partial charge in [0.1, 0.15) is 11.5 Å². The molecule has 2 aromatic rings. The monoisotopic (exact) mass is 497 g/mol. The number of amides is 2. The largest absolute Gasteiger partial charge is 0.497 e. The molecule has 36 heavy (non-hydrogen) atoms. The van der Waals surface area contributed by atoms with Gasteiger partial charge in [-0.15, -0.1) is 0 Å². The van der Waals surface area contributed by atoms with Crippen molar-refractivity contribution < 1.29 is 28.5 Å². The van der Waals surface area contributed by atoms with Gasteiger partial charge in [-0.1, -0.05) is 24.3 Å². The Bertz CT molecular complexity index is 982. The van der Waals surface area contributed by atoms with E-state index in [9.17, 15) is 9.59 Å². The number of carbonyl (C=O) groups is 2. The van der Waals surface area contributed by atoms with E-state index in [1.54, 1.807) is 24.1 Å². The first-order valence-electron chi connectivity index (χ1n) is 12.4. The number of ether oxygens (including phenoxy) is 4. The summed E-state index contributed by atoms with van der Waals surface area (Å²) in [6.45, 7) is 6.13. The molecule has 2 fully saturated rings. The number of carbonyl (C=O) groups excluding carboxylic acids is 2. The summed E-state index contributed by atoms with van der Waals surface area (Å²) < 4.78 is 22.4. The first kappa shape index (κ1) is 25.9. The van der Waals surface area contributed by atoms with E-state index in [1.807, 2.05) is 47.4 Å². The molecule has 0 aromatic heterocycles. The maximum absolute atomic E-state index is 13.5. The van der Waals surface area contributed by atoms with Gasteiger partial charge in [-0.3, -0.25) is 14.5 Å². The second kappa shape index (κ2) is 13.2. The standard InChI is InChI=1S/C27H35N3O6/c1-33-24-9-5-6-22(18-24)27(32)30(11-10-28-12-15-34-16-13-28)20-25-19-29(14-17-35-25)26(31)21-36-23-7-3-2-4-8-23/h2-9,18,25H,10-17,19-21H2,1H3. The topological polar surface area (TPSA) is 80.8 Å². The Balaban J connectivity index is 1.38. The lowest BCUT2D eigenvalue weighted by atomic mass is 10.1. The quantitative estimate of drug-likeness (QED) is 0.495. The van der Waals surface area contributed by atoms with E-state index < -0.39 is 0 Å². The third kappa shape index (κ3) is 7.43. The first-order valence-corrected chi connectivity index (χ1v) is 12.4. The summed E-state index contributed by atoms with van der Waals surface area (Å²) in [6, 6.07) is 16.5. The van der Waals surface area contributed by atoms with Crippen LogP contribution in [0.25, 0.3) is 0 Å². The fourth-order valence-electron chi connectivity index (χ4n) is 4.36. The van der Waals surface area contributed by atoms with Crippen LogP contribution in [0.3, 0.4) is 0 Å². The Hall–Kier alpha value is -3.14. The molecule has 2 aromatic carbocycles. The summed E-state index contributed by atoms with van der Waals surface area (Å²) in [5.41, 5.74) is 0.566. The van der Waals surface area contributed by atoms with E-state index >= 15 is 0 Å². The van der Waals surface area contributed by atoms with Gasteiger partial charge >= 0.3 is 0 Å². The molecule has 2 aliphatic rings. The van der Waals surface area contributed by atoms with E-state index in [2.05, 4.69) is 4.90 Å². The smallest absolute Gasteiger partial charge is 0.260 e. The third-order valence-corrected chi connectivity index (χ3v) is 6.41. The molecule has 2 heterocycles. The van der Waals surface area contributed by atoms with Crippen molar-refractivity contribution in [2.24, 2.45) is 0 Å². The maximum Gasteiger partial charge on any atom is 0.260 e. The van der Waals surface area contributed by atoms with E-state index in [0.717, 1.165) is 19.6 Å². The Morgan fingerprint density at radius 2 is 1.78 bits per heavy atom. The van der Waals surface area contributed by atoms with Crippen molar-refractivity contribution in [2.45, 2.75) is 6.10 Å². The summed E-state index contributed by atoms with van der Waals surface area (Å²) in [5.74, 6) is 1.12. The number of methoxy groups -OCH3 is 1. The van der Waals surface area contributed by atoms with Crippen molar-refractivity contribution in [2.75, 3.05) is 79.4 Å². The van der Waals surface area contributed by atoms with E-state index in [0.29, 0.717) is 63.1 Å². The zero-order chi connectivity index (χ0) is 25.2. The van der Waals surface area contributed by atoms with Crippen molar-refractivity contribution in [3.63, 3.8) is 0 Å². The molecule has 0 aliphatic carbocycles. The lowest BCUT2D eigenvalue weighted by Gasteiger charge is -2.36. The molecule has 9 heteroatoms. The lowest BCUT2D eigenvalue weighted by molar-refractivity contribution is -0.141. The average molecular weight is 498 g/mol. The average Bonchev–Trinajstić information content (AvgIpc) is 2.95. The highest BCUT2D eigenvalue weighted by Gasteiger charge is 2.28. The van der Waals surface area contributed by atoms with Gasteiger partial charge in [-0.05, 0) is 30.3 Å². The van der Waals surface area contributed by atoms with Crippen LogP contribution in [0, 0.1) is 0 Å². The number of rotatable bonds is 10. The number of hydrogen-bond acceptors (Lipinski definition) is 7. The van der Waals surface area contributed by atoms with Gasteiger partial charge in [-0.2, -0.15) is 0 Å². The minimum atomic E-state index is -0.279. The second-order valence-electron chi connectivity index (χ2n) is 8.87. The molecule has 0 saturated carbocycles. The zero-order valence-electron chi connectivity index (χ0n) is 20.8. The second-order valence-corrected chi connectivity index (χ2v) is 8.87. The number of hydrogen-bond donors (Lipinski definition) is 0. The molecule has 2 saturated heterocycles. The SMILES string of the molecule is COc1cccc(C(=O)N(CCN2CCOCC2)CC2CN(C(=O)COc3ccccc3)CCO2)c1. The van der Waals surface area contributed by atoms with Crippen molar-refractivity contribution in [3.8, 4) is 11.5 Å². The molecule has 9 nitrogen and oxygen atoms in total. The Kier molecular flexibility index (Phi) is 9.54. The number of para-hydroxylation sites is 1. The Morgan fingerprint density at radius 1 is 1.00 bits per heavy atom. The normalized spacial score (nSPS) is 18.5. The molecular formula is C27H35N3O6. The highest BCUT2D eigenvalue weighted by atomic mass is 16.5. The molecular weight excluding hydrogens is 462 g/mol. The molecule has 1 unspecified atom stereocenters. The van der Waals surface area contributed by atoms with Gasteiger partial charge < -0.3 is 28.7 Å². The highest BCUT2D eigenvalue weighted by molar-refractivity contribution is 5.94. The van der Waals surface area contributed by atoms with Gasteiger partial charge in [0.15, 0.2) is 6.61 Å². The van der Waals surface area contributed by atoms with Crippen LogP contribution >= 0.6 is 0 Å². The molecule has 194 valence electrons. The van der Waals surface area contributed by atoms with Crippen LogP contribution in [0.4, 0.5) is 0 Å². The summed E-state index contributed by atoms with van der Waals surface area (Å²) in [4.78, 5) is 32.2. The molecule has 0 radical (unpaired) electrons. The van der Waals surface area contributed by atoms with Crippen molar-refractivity contribution in [1.82, 2.24) is 14.7 Å². The number of nitrogens with zero attached hydrogens (tertiary/aromatic N) is 3. The number of benzene rings is 2. The fourth-order valence-corrected chi connectivity index (χ4v) is 4.36. The molecule has 2 aliphatic heterocycles. The van der Waals surface area contributed by atoms with E-state index in [-0.39, 0.29) is 24.5 Å². The van der Waals surface area contributed by atoms with Gasteiger partial charge in [0, 0.05) is 51.4 Å². The third-order valence-electron chi connectivity index (χ3n) is 6.41. The van der Waals surface area contributed by atoms with Crippen molar-refractivity contribution in [3.05, 3.63) is 60.2 Å². The molecule has 2 amide bonds. The molecule has 0 N–H and O–H groups in total. The summed E-state index contributed by atoms with van der Waals surface area (Å²) in [7, 11) is 1.59. The van der Waals surface area contributed by atoms with Crippen LogP contribution in [0.5, 0.6) is 11.5 Å². The Morgan fingerprint density at radius 3 is 2.56 bits per heavy atom. The van der Waals surface area contributed by atoms with E-state index in [1.165, 1.54) is 0 Å². The van der Waals surface area contributed by atoms with Gasteiger partial charge in [0.25, 0.3) is 11.8 Å². The minimum absolute atomic E-state index is 0.0276.